The molecule has 2 aromatic heterocycles. The number of ether oxygens (including phenoxy) is 1. The fourth-order valence-electron chi connectivity index (χ4n) is 5.22. The summed E-state index contributed by atoms with van der Waals surface area (Å²) in [5, 5.41) is 17.1. The first-order valence-electron chi connectivity index (χ1n) is 14.7. The number of carbonyl (C=O) groups excluding carboxylic acids is 1. The maximum absolute atomic E-state index is 14.3. The summed E-state index contributed by atoms with van der Waals surface area (Å²) in [6.45, 7) is 3.77. The molecule has 1 aliphatic carbocycles. The van der Waals surface area contributed by atoms with Gasteiger partial charge in [0, 0.05) is 42.2 Å². The predicted octanol–water partition coefficient (Wildman–Crippen LogP) is 4.75. The molecular formula is C31H36F3N5O5S. The summed E-state index contributed by atoms with van der Waals surface area (Å²) in [6, 6.07) is 8.32. The molecule has 3 aromatic rings. The fraction of sp³-hybridized carbons (Fsp3) is 0.452. The van der Waals surface area contributed by atoms with E-state index >= 15 is 0 Å². The van der Waals surface area contributed by atoms with E-state index in [4.69, 9.17) is 8.92 Å². The minimum atomic E-state index is -2.93. The molecule has 0 bridgehead atoms. The Kier molecular flexibility index (Phi) is 10.2. The lowest BCUT2D eigenvalue weighted by atomic mass is 9.97. The Bertz CT molecular complexity index is 1590. The Labute approximate surface area is 263 Å². The van der Waals surface area contributed by atoms with Gasteiger partial charge in [-0.15, -0.1) is 0 Å². The van der Waals surface area contributed by atoms with Gasteiger partial charge in [-0.1, -0.05) is 6.07 Å². The second-order valence-corrected chi connectivity index (χ2v) is 12.6. The van der Waals surface area contributed by atoms with Crippen molar-refractivity contribution in [2.24, 2.45) is 0 Å². The maximum Gasteiger partial charge on any atom is 0.273 e. The molecule has 3 heterocycles. The Morgan fingerprint density at radius 1 is 1.22 bits per heavy atom. The van der Waals surface area contributed by atoms with E-state index in [1.54, 1.807) is 36.9 Å². The maximum atomic E-state index is 14.3. The summed E-state index contributed by atoms with van der Waals surface area (Å²) in [7, 11) is 1.61. The van der Waals surface area contributed by atoms with Crippen molar-refractivity contribution >= 4 is 23.8 Å². The average molecular weight is 648 g/mol. The van der Waals surface area contributed by atoms with Crippen LogP contribution in [0.1, 0.15) is 60.4 Å². The van der Waals surface area contributed by atoms with Gasteiger partial charge in [-0.3, -0.25) is 14.5 Å². The minimum absolute atomic E-state index is 0.0349. The molecule has 5 rings (SSSR count). The fourth-order valence-corrected chi connectivity index (χ4v) is 5.73. The normalized spacial score (nSPS) is 17.4. The minimum Gasteiger partial charge on any atom is -0.478 e. The van der Waals surface area contributed by atoms with Gasteiger partial charge in [0.2, 0.25) is 5.88 Å². The average Bonchev–Trinajstić information content (AvgIpc) is 3.82. The van der Waals surface area contributed by atoms with Gasteiger partial charge in [0.05, 0.1) is 26.8 Å². The van der Waals surface area contributed by atoms with Crippen LogP contribution in [0.3, 0.4) is 0 Å². The molecule has 45 heavy (non-hydrogen) atoms. The number of likely N-dealkylation sites (tertiary alicyclic amines) is 1. The molecule has 10 nitrogen and oxygen atoms in total. The summed E-state index contributed by atoms with van der Waals surface area (Å²) in [5.74, 6) is -4.08. The molecule has 1 amide bonds. The lowest BCUT2D eigenvalue weighted by Gasteiger charge is -2.42. The molecular weight excluding hydrogens is 611 g/mol. The zero-order chi connectivity index (χ0) is 32.3. The Hall–Kier alpha value is -3.43. The van der Waals surface area contributed by atoms with Gasteiger partial charge < -0.3 is 29.2 Å². The number of benzene rings is 1. The van der Waals surface area contributed by atoms with Crippen LogP contribution >= 0.6 is 12.0 Å². The van der Waals surface area contributed by atoms with E-state index in [0.717, 1.165) is 29.4 Å². The van der Waals surface area contributed by atoms with Crippen LogP contribution in [0.2, 0.25) is 0 Å². The van der Waals surface area contributed by atoms with Gasteiger partial charge in [0.1, 0.15) is 23.4 Å². The van der Waals surface area contributed by atoms with Crippen molar-refractivity contribution in [2.75, 3.05) is 38.7 Å². The summed E-state index contributed by atoms with van der Waals surface area (Å²) in [6.07, 6.45) is 1.98. The summed E-state index contributed by atoms with van der Waals surface area (Å²) < 4.78 is 53.7. The third kappa shape index (κ3) is 8.05. The number of aromatic nitrogens is 2. The lowest BCUT2D eigenvalue weighted by Crippen LogP contribution is -2.57. The third-order valence-electron chi connectivity index (χ3n) is 7.46. The SMILES string of the molecule is CCOc1cc(-c2ccc(F)cc2C(O)N2CC(F)(F)C2)cc(NC(=O)c2cc(CNC[C@H](C)SOC)cn(C3CC3)c2=O)n1. The van der Waals surface area contributed by atoms with Crippen LogP contribution in [0.15, 0.2) is 47.4 Å². The number of hydrogen-bond acceptors (Lipinski definition) is 9. The Morgan fingerprint density at radius 3 is 2.64 bits per heavy atom. The Balaban J connectivity index is 1.44. The second kappa shape index (κ2) is 13.9. The van der Waals surface area contributed by atoms with E-state index in [-0.39, 0.29) is 40.7 Å². The van der Waals surface area contributed by atoms with E-state index in [0.29, 0.717) is 24.2 Å². The van der Waals surface area contributed by atoms with Gasteiger partial charge in [-0.2, -0.15) is 4.98 Å². The number of nitrogens with zero attached hydrogens (tertiary/aromatic N) is 3. The summed E-state index contributed by atoms with van der Waals surface area (Å²) in [4.78, 5) is 32.4. The van der Waals surface area contributed by atoms with Crippen molar-refractivity contribution < 1.29 is 32.0 Å². The van der Waals surface area contributed by atoms with E-state index in [9.17, 15) is 27.9 Å². The lowest BCUT2D eigenvalue weighted by molar-refractivity contribution is -0.185. The largest absolute Gasteiger partial charge is 0.478 e. The highest BCUT2D eigenvalue weighted by atomic mass is 32.2. The number of amides is 1. The first kappa shape index (κ1) is 32.9. The molecule has 1 saturated heterocycles. The topological polar surface area (TPSA) is 118 Å². The number of rotatable bonds is 14. The number of carbonyl (C=O) groups is 1. The molecule has 0 spiro atoms. The highest BCUT2D eigenvalue weighted by Gasteiger charge is 2.47. The molecule has 2 fully saturated rings. The van der Waals surface area contributed by atoms with Gasteiger partial charge in [-0.05, 0) is 79.7 Å². The predicted molar refractivity (Wildman–Crippen MR) is 165 cm³/mol. The highest BCUT2D eigenvalue weighted by Crippen LogP contribution is 2.38. The van der Waals surface area contributed by atoms with Crippen LogP contribution < -0.4 is 20.9 Å². The quantitative estimate of drug-likeness (QED) is 0.213. The van der Waals surface area contributed by atoms with E-state index in [1.807, 2.05) is 6.92 Å². The number of hydrogen-bond donors (Lipinski definition) is 3. The number of halogens is 3. The highest BCUT2D eigenvalue weighted by molar-refractivity contribution is 7.95. The van der Waals surface area contributed by atoms with Gasteiger partial charge in [0.25, 0.3) is 17.4 Å². The smallest absolute Gasteiger partial charge is 0.273 e. The molecule has 1 unspecified atom stereocenters. The van der Waals surface area contributed by atoms with E-state index in [1.165, 1.54) is 30.2 Å². The van der Waals surface area contributed by atoms with Crippen molar-refractivity contribution in [1.82, 2.24) is 19.8 Å². The molecule has 14 heteroatoms. The molecule has 3 N–H and O–H groups in total. The first-order chi connectivity index (χ1) is 21.5. The summed E-state index contributed by atoms with van der Waals surface area (Å²) in [5.41, 5.74) is 1.09. The molecule has 2 aliphatic rings. The molecule has 0 radical (unpaired) electrons. The molecule has 2 atom stereocenters. The number of alkyl halides is 2. The van der Waals surface area contributed by atoms with Crippen molar-refractivity contribution in [1.29, 1.82) is 0 Å². The second-order valence-electron chi connectivity index (χ2n) is 11.2. The molecule has 1 saturated carbocycles. The zero-order valence-electron chi connectivity index (χ0n) is 25.2. The number of pyridine rings is 2. The standard InChI is InChI=1S/C31H36F3N5O5S/c1-4-44-27-11-20(23-8-5-21(32)12-24(23)29(41)38-16-31(33,34)17-38)10-26(36-27)37-28(40)25-9-19(14-35-13-18(2)45-43-3)15-39(30(25)42)22-6-7-22/h5,8-12,15,18,22,29,35,41H,4,6-7,13-14,16-17H2,1-3H3,(H,36,37,40)/t18-,29?/m0/s1. The third-order valence-corrected chi connectivity index (χ3v) is 8.15. The van der Waals surface area contributed by atoms with Crippen LogP contribution in [0, 0.1) is 5.82 Å². The van der Waals surface area contributed by atoms with Crippen LogP contribution in [0.5, 0.6) is 5.88 Å². The molecule has 1 aromatic carbocycles. The number of anilines is 1. The number of aliphatic hydroxyl groups is 1. The monoisotopic (exact) mass is 647 g/mol. The van der Waals surface area contributed by atoms with Crippen LogP contribution in [0.25, 0.3) is 11.1 Å². The van der Waals surface area contributed by atoms with E-state index < -0.39 is 42.5 Å². The van der Waals surface area contributed by atoms with Gasteiger partial charge in [0.15, 0.2) is 0 Å². The number of nitrogens with one attached hydrogen (secondary N) is 2. The van der Waals surface area contributed by atoms with Crippen LogP contribution in [-0.2, 0) is 10.7 Å². The van der Waals surface area contributed by atoms with Crippen LogP contribution in [-0.4, -0.2) is 70.0 Å². The molecule has 1 aliphatic heterocycles. The van der Waals surface area contributed by atoms with Crippen molar-refractivity contribution in [3.63, 3.8) is 0 Å². The van der Waals surface area contributed by atoms with Crippen molar-refractivity contribution in [3.05, 3.63) is 75.5 Å². The Morgan fingerprint density at radius 2 is 1.98 bits per heavy atom. The zero-order valence-corrected chi connectivity index (χ0v) is 26.0. The van der Waals surface area contributed by atoms with Crippen molar-refractivity contribution in [3.8, 4) is 17.0 Å². The van der Waals surface area contributed by atoms with Gasteiger partial charge in [-0.25, -0.2) is 13.2 Å². The van der Waals surface area contributed by atoms with Crippen LogP contribution in [0.4, 0.5) is 19.0 Å². The summed E-state index contributed by atoms with van der Waals surface area (Å²) >= 11 is 1.34. The molecule has 242 valence electrons. The van der Waals surface area contributed by atoms with Crippen molar-refractivity contribution in [2.45, 2.75) is 56.7 Å². The first-order valence-corrected chi connectivity index (χ1v) is 15.5. The van der Waals surface area contributed by atoms with E-state index in [2.05, 4.69) is 15.6 Å². The number of aliphatic hydroxyl groups excluding tert-OH is 1. The van der Waals surface area contributed by atoms with Gasteiger partial charge >= 0.3 is 0 Å².